The number of anilines is 1. The van der Waals surface area contributed by atoms with E-state index in [2.05, 4.69) is 15.6 Å². The monoisotopic (exact) mass is 507 g/mol. The molecule has 0 saturated heterocycles. The number of nitrogens with zero attached hydrogens (tertiary/aromatic N) is 2. The molecule has 3 aromatic rings. The lowest BCUT2D eigenvalue weighted by atomic mass is 10.2. The van der Waals surface area contributed by atoms with E-state index < -0.39 is 17.6 Å². The van der Waals surface area contributed by atoms with Crippen LogP contribution in [0.3, 0.4) is 0 Å². The number of nitrogens with two attached hydrogens (primary N) is 1. The molecular formula is C19H15FIN5O3. The zero-order valence-electron chi connectivity index (χ0n) is 15.1. The molecule has 3 amide bonds. The molecule has 1 heterocycles. The molecule has 0 bridgehead atoms. The zero-order chi connectivity index (χ0) is 21.1. The molecular weight excluding hydrogens is 492 g/mol. The van der Waals surface area contributed by atoms with E-state index >= 15 is 0 Å². The van der Waals surface area contributed by atoms with E-state index in [1.807, 2.05) is 22.6 Å². The molecule has 1 aromatic heterocycles. The van der Waals surface area contributed by atoms with Crippen molar-refractivity contribution in [1.82, 2.24) is 14.9 Å². The summed E-state index contributed by atoms with van der Waals surface area (Å²) in [7, 11) is 1.42. The molecule has 0 saturated carbocycles. The van der Waals surface area contributed by atoms with Gasteiger partial charge in [-0.25, -0.2) is 9.37 Å². The van der Waals surface area contributed by atoms with Gasteiger partial charge in [0, 0.05) is 22.0 Å². The Balaban J connectivity index is 1.86. The summed E-state index contributed by atoms with van der Waals surface area (Å²) in [6.45, 7) is 0. The van der Waals surface area contributed by atoms with E-state index in [1.54, 1.807) is 24.3 Å². The molecule has 8 nitrogen and oxygen atoms in total. The lowest BCUT2D eigenvalue weighted by molar-refractivity contribution is 0.0937. The Morgan fingerprint density at radius 1 is 1.10 bits per heavy atom. The van der Waals surface area contributed by atoms with E-state index in [0.717, 1.165) is 0 Å². The van der Waals surface area contributed by atoms with Crippen molar-refractivity contribution in [3.8, 4) is 5.69 Å². The highest BCUT2D eigenvalue weighted by molar-refractivity contribution is 14.1. The van der Waals surface area contributed by atoms with Gasteiger partial charge in [0.1, 0.15) is 17.8 Å². The number of nitrogens with one attached hydrogen (secondary N) is 2. The van der Waals surface area contributed by atoms with Gasteiger partial charge in [-0.3, -0.25) is 19.0 Å². The number of imidazole rings is 1. The molecule has 0 fully saturated rings. The molecule has 3 rings (SSSR count). The van der Waals surface area contributed by atoms with Crippen LogP contribution in [0.25, 0.3) is 5.69 Å². The van der Waals surface area contributed by atoms with E-state index in [1.165, 1.54) is 36.1 Å². The van der Waals surface area contributed by atoms with Gasteiger partial charge in [0.15, 0.2) is 5.69 Å². The highest BCUT2D eigenvalue weighted by atomic mass is 127. The number of carbonyl (C=O) groups excluding carboxylic acids is 3. The fourth-order valence-electron chi connectivity index (χ4n) is 2.64. The van der Waals surface area contributed by atoms with E-state index in [-0.39, 0.29) is 17.3 Å². The van der Waals surface area contributed by atoms with Crippen molar-refractivity contribution in [1.29, 1.82) is 0 Å². The van der Waals surface area contributed by atoms with Crippen molar-refractivity contribution in [2.45, 2.75) is 0 Å². The van der Waals surface area contributed by atoms with Crippen molar-refractivity contribution < 1.29 is 18.8 Å². The van der Waals surface area contributed by atoms with Crippen molar-refractivity contribution in [3.63, 3.8) is 0 Å². The van der Waals surface area contributed by atoms with Crippen LogP contribution in [0.5, 0.6) is 0 Å². The van der Waals surface area contributed by atoms with Gasteiger partial charge in [-0.15, -0.1) is 0 Å². The lowest BCUT2D eigenvalue weighted by Gasteiger charge is -2.10. The van der Waals surface area contributed by atoms with Gasteiger partial charge in [0.2, 0.25) is 0 Å². The normalized spacial score (nSPS) is 10.4. The maximum absolute atomic E-state index is 13.2. The first-order chi connectivity index (χ1) is 13.8. The van der Waals surface area contributed by atoms with Crippen LogP contribution in [0.2, 0.25) is 0 Å². The topological polar surface area (TPSA) is 119 Å². The second-order valence-electron chi connectivity index (χ2n) is 5.88. The van der Waals surface area contributed by atoms with Crippen molar-refractivity contribution in [2.24, 2.45) is 5.73 Å². The number of hydrogen-bond acceptors (Lipinski definition) is 4. The summed E-state index contributed by atoms with van der Waals surface area (Å²) >= 11 is 1.89. The molecule has 2 aromatic carbocycles. The minimum absolute atomic E-state index is 0.0537. The number of benzene rings is 2. The van der Waals surface area contributed by atoms with Crippen LogP contribution >= 0.6 is 22.6 Å². The number of carbonyl (C=O) groups is 3. The number of halogens is 2. The van der Waals surface area contributed by atoms with Crippen molar-refractivity contribution in [3.05, 3.63) is 75.1 Å². The maximum Gasteiger partial charge on any atom is 0.272 e. The predicted molar refractivity (Wildman–Crippen MR) is 113 cm³/mol. The van der Waals surface area contributed by atoms with Crippen LogP contribution in [-0.4, -0.2) is 34.3 Å². The number of hydrogen-bond donors (Lipinski definition) is 3. The SMILES string of the molecule is CNC(=O)c1ncn(-c2ccc(NC(=O)c3ccc(F)cc3I)cc2)c1C(N)=O. The van der Waals surface area contributed by atoms with Crippen molar-refractivity contribution >= 4 is 46.0 Å². The zero-order valence-corrected chi connectivity index (χ0v) is 17.2. The quantitative estimate of drug-likeness (QED) is 0.460. The Bertz CT molecular complexity index is 1110. The summed E-state index contributed by atoms with van der Waals surface area (Å²) in [6.07, 6.45) is 1.32. The number of primary amides is 1. The molecule has 4 N–H and O–H groups in total. The summed E-state index contributed by atoms with van der Waals surface area (Å²) < 4.78 is 15.1. The molecule has 0 radical (unpaired) electrons. The summed E-state index contributed by atoms with van der Waals surface area (Å²) in [5.41, 5.74) is 6.64. The van der Waals surface area contributed by atoms with E-state index in [0.29, 0.717) is 20.5 Å². The minimum atomic E-state index is -0.802. The first-order valence-corrected chi connectivity index (χ1v) is 9.35. The summed E-state index contributed by atoms with van der Waals surface area (Å²) in [5, 5.41) is 5.12. The molecule has 0 aliphatic rings. The summed E-state index contributed by atoms with van der Waals surface area (Å²) in [4.78, 5) is 40.1. The Kier molecular flexibility index (Phi) is 5.92. The molecule has 10 heteroatoms. The van der Waals surface area contributed by atoms with Crippen LogP contribution in [0, 0.1) is 9.39 Å². The largest absolute Gasteiger partial charge is 0.364 e. The molecule has 0 aliphatic carbocycles. The van der Waals surface area contributed by atoms with Gasteiger partial charge < -0.3 is 16.4 Å². The van der Waals surface area contributed by atoms with Gasteiger partial charge in [-0.2, -0.15) is 0 Å². The van der Waals surface area contributed by atoms with Crippen LogP contribution in [0.4, 0.5) is 10.1 Å². The fourth-order valence-corrected chi connectivity index (χ4v) is 3.36. The van der Waals surface area contributed by atoms with Crippen LogP contribution in [-0.2, 0) is 0 Å². The Hall–Kier alpha value is -3.28. The Morgan fingerprint density at radius 3 is 2.38 bits per heavy atom. The molecule has 0 aliphatic heterocycles. The van der Waals surface area contributed by atoms with E-state index in [4.69, 9.17) is 5.73 Å². The van der Waals surface area contributed by atoms with Crippen LogP contribution < -0.4 is 16.4 Å². The predicted octanol–water partition coefficient (Wildman–Crippen LogP) is 2.33. The smallest absolute Gasteiger partial charge is 0.272 e. The Labute approximate surface area is 178 Å². The number of aromatic nitrogens is 2. The Morgan fingerprint density at radius 2 is 1.79 bits per heavy atom. The van der Waals surface area contributed by atoms with Gasteiger partial charge in [-0.1, -0.05) is 0 Å². The highest BCUT2D eigenvalue weighted by Crippen LogP contribution is 2.20. The fraction of sp³-hybridized carbons (Fsp3) is 0.0526. The third-order valence-electron chi connectivity index (χ3n) is 4.02. The molecule has 29 heavy (non-hydrogen) atoms. The average molecular weight is 507 g/mol. The average Bonchev–Trinajstić information content (AvgIpc) is 3.13. The summed E-state index contributed by atoms with van der Waals surface area (Å²) in [5.74, 6) is -2.14. The van der Waals surface area contributed by atoms with E-state index in [9.17, 15) is 18.8 Å². The second-order valence-corrected chi connectivity index (χ2v) is 7.04. The second kappa shape index (κ2) is 8.39. The summed E-state index contributed by atoms with van der Waals surface area (Å²) in [6, 6.07) is 10.4. The molecule has 0 unspecified atom stereocenters. The van der Waals surface area contributed by atoms with Gasteiger partial charge in [0.25, 0.3) is 17.7 Å². The number of rotatable bonds is 5. The molecule has 148 valence electrons. The van der Waals surface area contributed by atoms with Gasteiger partial charge >= 0.3 is 0 Å². The van der Waals surface area contributed by atoms with Crippen molar-refractivity contribution in [2.75, 3.05) is 12.4 Å². The van der Waals surface area contributed by atoms with Gasteiger partial charge in [0.05, 0.1) is 5.56 Å². The van der Waals surface area contributed by atoms with Gasteiger partial charge in [-0.05, 0) is 65.1 Å². The first kappa shape index (κ1) is 20.5. The molecule has 0 atom stereocenters. The van der Waals surface area contributed by atoms with Crippen LogP contribution in [0.15, 0.2) is 48.8 Å². The third-order valence-corrected chi connectivity index (χ3v) is 4.91. The molecule has 0 spiro atoms. The standard InChI is InChI=1S/C19H15FIN5O3/c1-23-19(29)15-16(17(22)27)26(9-24-15)12-5-3-11(4-6-12)25-18(28)13-7-2-10(20)8-14(13)21/h2-9H,1H3,(H2,22,27)(H,23,29)(H,25,28). The first-order valence-electron chi connectivity index (χ1n) is 8.28. The van der Waals surface area contributed by atoms with Crippen LogP contribution in [0.1, 0.15) is 31.3 Å². The number of amides is 3. The maximum atomic E-state index is 13.2. The highest BCUT2D eigenvalue weighted by Gasteiger charge is 2.22. The third kappa shape index (κ3) is 4.26. The lowest BCUT2D eigenvalue weighted by Crippen LogP contribution is -2.25. The minimum Gasteiger partial charge on any atom is -0.364 e.